The first-order chi connectivity index (χ1) is 14.2. The lowest BCUT2D eigenvalue weighted by Gasteiger charge is -2.32. The number of methoxy groups -OCH3 is 1. The van der Waals surface area contributed by atoms with E-state index in [1.165, 1.54) is 29.5 Å². The van der Waals surface area contributed by atoms with Gasteiger partial charge in [-0.15, -0.1) is 0 Å². The van der Waals surface area contributed by atoms with E-state index in [0.29, 0.717) is 5.92 Å². The number of hydrogen-bond donors (Lipinski definition) is 0. The number of benzene rings is 2. The summed E-state index contributed by atoms with van der Waals surface area (Å²) in [5.74, 6) is 1.61. The average Bonchev–Trinajstić information content (AvgIpc) is 3.13. The standard InChI is InChI=1S/C25H30N2O2/c1-19-7-5-9-23-21(18-28)17-27(25(19)23)14-6-13-26-15-11-20(12-16-26)22-8-3-4-10-24(22)29-2/h3-5,7-10,17-18,20H,6,11-16H2,1-2H3. The maximum absolute atomic E-state index is 11.4. The Bertz CT molecular complexity index is 984. The van der Waals surface area contributed by atoms with Crippen molar-refractivity contribution < 1.29 is 9.53 Å². The zero-order valence-electron chi connectivity index (χ0n) is 17.4. The van der Waals surface area contributed by atoms with E-state index in [1.54, 1.807) is 7.11 Å². The van der Waals surface area contributed by atoms with Crippen molar-refractivity contribution in [2.24, 2.45) is 0 Å². The van der Waals surface area contributed by atoms with Gasteiger partial charge in [0, 0.05) is 23.7 Å². The number of carbonyl (C=O) groups is 1. The molecule has 0 atom stereocenters. The molecule has 2 heterocycles. The summed E-state index contributed by atoms with van der Waals surface area (Å²) in [4.78, 5) is 14.0. The Balaban J connectivity index is 1.34. The molecule has 1 aliphatic heterocycles. The van der Waals surface area contributed by atoms with Gasteiger partial charge in [0.2, 0.25) is 0 Å². The number of aromatic nitrogens is 1. The Morgan fingerprint density at radius 1 is 1.07 bits per heavy atom. The lowest BCUT2D eigenvalue weighted by atomic mass is 9.89. The van der Waals surface area contributed by atoms with Gasteiger partial charge in [-0.2, -0.15) is 0 Å². The average molecular weight is 391 g/mol. The number of aldehydes is 1. The van der Waals surface area contributed by atoms with Gasteiger partial charge in [-0.1, -0.05) is 36.4 Å². The third-order valence-electron chi connectivity index (χ3n) is 6.30. The number of likely N-dealkylation sites (tertiary alicyclic amines) is 1. The van der Waals surface area contributed by atoms with Gasteiger partial charge >= 0.3 is 0 Å². The van der Waals surface area contributed by atoms with E-state index in [4.69, 9.17) is 4.74 Å². The molecule has 1 fully saturated rings. The summed E-state index contributed by atoms with van der Waals surface area (Å²) in [6.07, 6.45) is 6.44. The van der Waals surface area contributed by atoms with Crippen LogP contribution in [-0.2, 0) is 6.54 Å². The van der Waals surface area contributed by atoms with Gasteiger partial charge in [-0.25, -0.2) is 0 Å². The molecule has 4 rings (SSSR count). The van der Waals surface area contributed by atoms with Crippen molar-refractivity contribution in [2.75, 3.05) is 26.7 Å². The summed E-state index contributed by atoms with van der Waals surface area (Å²) in [6, 6.07) is 14.6. The van der Waals surface area contributed by atoms with E-state index in [9.17, 15) is 4.79 Å². The topological polar surface area (TPSA) is 34.5 Å². The Labute approximate surface area is 173 Å². The van der Waals surface area contributed by atoms with E-state index < -0.39 is 0 Å². The van der Waals surface area contributed by atoms with Gasteiger partial charge in [0.15, 0.2) is 6.29 Å². The fraction of sp³-hybridized carbons (Fsp3) is 0.400. The molecule has 0 spiro atoms. The fourth-order valence-corrected chi connectivity index (χ4v) is 4.78. The third kappa shape index (κ3) is 4.08. The molecule has 29 heavy (non-hydrogen) atoms. The summed E-state index contributed by atoms with van der Waals surface area (Å²) in [7, 11) is 1.76. The van der Waals surface area contributed by atoms with Crippen LogP contribution in [0, 0.1) is 6.92 Å². The molecule has 0 amide bonds. The number of aryl methyl sites for hydroxylation is 2. The maximum Gasteiger partial charge on any atom is 0.152 e. The van der Waals surface area contributed by atoms with Crippen LogP contribution < -0.4 is 4.74 Å². The lowest BCUT2D eigenvalue weighted by Crippen LogP contribution is -2.34. The fourth-order valence-electron chi connectivity index (χ4n) is 4.78. The molecular formula is C25H30N2O2. The Morgan fingerprint density at radius 3 is 2.62 bits per heavy atom. The highest BCUT2D eigenvalue weighted by Gasteiger charge is 2.22. The minimum absolute atomic E-state index is 0.591. The number of fused-ring (bicyclic) bond motifs is 1. The molecule has 1 saturated heterocycles. The van der Waals surface area contributed by atoms with Gasteiger partial charge in [-0.05, 0) is 68.9 Å². The maximum atomic E-state index is 11.4. The van der Waals surface area contributed by atoms with Crippen molar-refractivity contribution in [3.8, 4) is 5.75 Å². The van der Waals surface area contributed by atoms with Crippen LogP contribution in [0.1, 0.15) is 46.7 Å². The van der Waals surface area contributed by atoms with Crippen LogP contribution >= 0.6 is 0 Å². The molecule has 0 aliphatic carbocycles. The van der Waals surface area contributed by atoms with E-state index in [2.05, 4.69) is 40.7 Å². The lowest BCUT2D eigenvalue weighted by molar-refractivity contribution is 0.112. The Hall–Kier alpha value is -2.59. The summed E-state index contributed by atoms with van der Waals surface area (Å²) >= 11 is 0. The minimum Gasteiger partial charge on any atom is -0.496 e. The van der Waals surface area contributed by atoms with Gasteiger partial charge in [0.1, 0.15) is 5.75 Å². The van der Waals surface area contributed by atoms with Crippen molar-refractivity contribution in [3.63, 3.8) is 0 Å². The third-order valence-corrected chi connectivity index (χ3v) is 6.30. The molecule has 0 unspecified atom stereocenters. The van der Waals surface area contributed by atoms with Gasteiger partial charge in [0.05, 0.1) is 12.6 Å². The van der Waals surface area contributed by atoms with E-state index in [0.717, 1.165) is 55.6 Å². The highest BCUT2D eigenvalue weighted by atomic mass is 16.5. The number of hydrogen-bond acceptors (Lipinski definition) is 3. The van der Waals surface area contributed by atoms with Crippen LogP contribution in [0.4, 0.5) is 0 Å². The summed E-state index contributed by atoms with van der Waals surface area (Å²) in [5, 5.41) is 1.07. The number of rotatable bonds is 7. The van der Waals surface area contributed by atoms with Crippen LogP contribution in [0.2, 0.25) is 0 Å². The number of piperidine rings is 1. The first kappa shape index (κ1) is 19.7. The van der Waals surface area contributed by atoms with Crippen LogP contribution in [0.3, 0.4) is 0 Å². The summed E-state index contributed by atoms with van der Waals surface area (Å²) < 4.78 is 7.81. The first-order valence-electron chi connectivity index (χ1n) is 10.6. The van der Waals surface area contributed by atoms with Crippen LogP contribution in [0.15, 0.2) is 48.7 Å². The number of carbonyl (C=O) groups excluding carboxylic acids is 1. The number of para-hydroxylation sites is 2. The molecule has 4 heteroatoms. The molecule has 0 bridgehead atoms. The zero-order chi connectivity index (χ0) is 20.2. The quantitative estimate of drug-likeness (QED) is 0.530. The van der Waals surface area contributed by atoms with E-state index in [1.807, 2.05) is 24.4 Å². The van der Waals surface area contributed by atoms with Crippen molar-refractivity contribution in [2.45, 2.75) is 38.6 Å². The molecule has 1 aromatic heterocycles. The van der Waals surface area contributed by atoms with Crippen molar-refractivity contribution in [1.29, 1.82) is 0 Å². The summed E-state index contributed by atoms with van der Waals surface area (Å²) in [5.41, 5.74) is 4.57. The zero-order valence-corrected chi connectivity index (χ0v) is 17.4. The molecule has 2 aromatic carbocycles. The molecule has 1 aliphatic rings. The smallest absolute Gasteiger partial charge is 0.152 e. The van der Waals surface area contributed by atoms with Crippen molar-refractivity contribution >= 4 is 17.2 Å². The van der Waals surface area contributed by atoms with Gasteiger partial charge in [0.25, 0.3) is 0 Å². The molecule has 0 radical (unpaired) electrons. The largest absolute Gasteiger partial charge is 0.496 e. The Morgan fingerprint density at radius 2 is 1.86 bits per heavy atom. The van der Waals surface area contributed by atoms with E-state index in [-0.39, 0.29) is 0 Å². The van der Waals surface area contributed by atoms with Gasteiger partial charge < -0.3 is 14.2 Å². The number of ether oxygens (including phenoxy) is 1. The molecule has 0 saturated carbocycles. The van der Waals surface area contributed by atoms with Crippen molar-refractivity contribution in [3.05, 3.63) is 65.4 Å². The second-order valence-electron chi connectivity index (χ2n) is 8.08. The first-order valence-corrected chi connectivity index (χ1v) is 10.6. The van der Waals surface area contributed by atoms with E-state index >= 15 is 0 Å². The Kier molecular flexibility index (Phi) is 6.00. The second-order valence-corrected chi connectivity index (χ2v) is 8.08. The molecule has 152 valence electrons. The summed E-state index contributed by atoms with van der Waals surface area (Å²) in [6.45, 7) is 6.43. The van der Waals surface area contributed by atoms with Crippen LogP contribution in [0.5, 0.6) is 5.75 Å². The highest BCUT2D eigenvalue weighted by molar-refractivity contribution is 5.98. The van der Waals surface area contributed by atoms with Crippen LogP contribution in [-0.4, -0.2) is 42.5 Å². The highest BCUT2D eigenvalue weighted by Crippen LogP contribution is 2.34. The van der Waals surface area contributed by atoms with Gasteiger partial charge in [-0.3, -0.25) is 4.79 Å². The van der Waals surface area contributed by atoms with Crippen molar-refractivity contribution in [1.82, 2.24) is 9.47 Å². The SMILES string of the molecule is COc1ccccc1C1CCN(CCCn2cc(C=O)c3cccc(C)c32)CC1. The second kappa shape index (κ2) is 8.83. The molecule has 4 nitrogen and oxygen atoms in total. The molecule has 0 N–H and O–H groups in total. The minimum atomic E-state index is 0.591. The molecule has 3 aromatic rings. The predicted molar refractivity (Wildman–Crippen MR) is 118 cm³/mol. The molecular weight excluding hydrogens is 360 g/mol. The normalized spacial score (nSPS) is 15.7. The van der Waals surface area contributed by atoms with Crippen LogP contribution in [0.25, 0.3) is 10.9 Å². The number of nitrogens with zero attached hydrogens (tertiary/aromatic N) is 2. The monoisotopic (exact) mass is 390 g/mol. The predicted octanol–water partition coefficient (Wildman–Crippen LogP) is 5.04.